The van der Waals surface area contributed by atoms with Gasteiger partial charge in [0.1, 0.15) is 34.9 Å². The maximum atomic E-state index is 12.0. The van der Waals surface area contributed by atoms with E-state index in [1.54, 1.807) is 44.2 Å². The molecular formula is C44H57NO12. The minimum atomic E-state index is -0.461. The summed E-state index contributed by atoms with van der Waals surface area (Å²) in [5, 5.41) is 9.74. The molecule has 0 atom stereocenters. The molecule has 1 heterocycles. The lowest BCUT2D eigenvalue weighted by Gasteiger charge is -2.28. The number of phenolic OH excluding ortho intramolecular Hbond substituents is 1. The average molecular weight is 792 g/mol. The maximum absolute atomic E-state index is 12.0. The van der Waals surface area contributed by atoms with Crippen LogP contribution in [0.3, 0.4) is 0 Å². The number of methoxy groups -OCH3 is 3. The van der Waals surface area contributed by atoms with Gasteiger partial charge in [-0.05, 0) is 102 Å². The lowest BCUT2D eigenvalue weighted by atomic mass is 9.96. The molecule has 13 nitrogen and oxygen atoms in total. The molecule has 3 aliphatic carbocycles. The van der Waals surface area contributed by atoms with Crippen LogP contribution in [0.1, 0.15) is 118 Å². The number of carbonyl (C=O) groups excluding carboxylic acids is 3. The van der Waals surface area contributed by atoms with Crippen molar-refractivity contribution < 1.29 is 57.4 Å². The van der Waals surface area contributed by atoms with Gasteiger partial charge in [-0.2, -0.15) is 0 Å². The van der Waals surface area contributed by atoms with E-state index < -0.39 is 5.97 Å². The Kier molecular flexibility index (Phi) is 15.3. The van der Waals surface area contributed by atoms with Crippen LogP contribution < -0.4 is 24.7 Å². The molecular weight excluding hydrogens is 734 g/mol. The third kappa shape index (κ3) is 11.5. The number of benzene rings is 3. The van der Waals surface area contributed by atoms with Crippen molar-refractivity contribution in [2.45, 2.75) is 116 Å². The van der Waals surface area contributed by atoms with E-state index in [1.165, 1.54) is 40.6 Å². The Morgan fingerprint density at radius 2 is 0.930 bits per heavy atom. The van der Waals surface area contributed by atoms with Crippen molar-refractivity contribution in [1.82, 2.24) is 0 Å². The molecule has 3 N–H and O–H groups in total. The zero-order chi connectivity index (χ0) is 41.1. The Morgan fingerprint density at radius 3 is 1.35 bits per heavy atom. The highest BCUT2D eigenvalue weighted by Gasteiger charge is 2.25. The number of carbonyl (C=O) groups is 3. The van der Waals surface area contributed by atoms with Crippen LogP contribution in [0.25, 0.3) is 0 Å². The highest BCUT2D eigenvalue weighted by Crippen LogP contribution is 2.35. The Morgan fingerprint density at radius 1 is 0.544 bits per heavy atom. The topological polar surface area (TPSA) is 171 Å². The highest BCUT2D eigenvalue weighted by molar-refractivity contribution is 5.94. The van der Waals surface area contributed by atoms with Crippen molar-refractivity contribution in [3.05, 3.63) is 69.8 Å². The van der Waals surface area contributed by atoms with Crippen LogP contribution in [-0.2, 0) is 18.9 Å². The summed E-state index contributed by atoms with van der Waals surface area (Å²) in [6, 6.07) is 10.3. The summed E-state index contributed by atoms with van der Waals surface area (Å²) in [6.07, 6.45) is 12.5. The SMILES string of the molecule is COC(=O)c1cc(OC2CCC2)cc(N)c1C.COC(=O)c1cc(OC2CCC2)cc(O)c1C.COC(=O)c1cc(OC2CCC2)cc(OC2CCOCC2)c1C. The predicted octanol–water partition coefficient (Wildman–Crippen LogP) is 7.98. The Balaban J connectivity index is 0.000000166. The van der Waals surface area contributed by atoms with Gasteiger partial charge in [-0.25, -0.2) is 14.4 Å². The normalized spacial score (nSPS) is 16.7. The summed E-state index contributed by atoms with van der Waals surface area (Å²) in [5.74, 6) is 1.42. The smallest absolute Gasteiger partial charge is 0.338 e. The van der Waals surface area contributed by atoms with Crippen molar-refractivity contribution in [3.8, 4) is 28.7 Å². The number of ether oxygens (including phenoxy) is 8. The summed E-state index contributed by atoms with van der Waals surface area (Å²) in [7, 11) is 4.07. The first-order chi connectivity index (χ1) is 27.4. The third-order valence-electron chi connectivity index (χ3n) is 10.9. The van der Waals surface area contributed by atoms with Gasteiger partial charge in [-0.15, -0.1) is 0 Å². The Labute approximate surface area is 335 Å². The van der Waals surface area contributed by atoms with E-state index >= 15 is 0 Å². The van der Waals surface area contributed by atoms with E-state index in [0.717, 1.165) is 62.5 Å². The second kappa shape index (κ2) is 20.3. The van der Waals surface area contributed by atoms with Gasteiger partial charge in [0.05, 0.1) is 69.5 Å². The van der Waals surface area contributed by atoms with Crippen molar-refractivity contribution in [1.29, 1.82) is 0 Å². The number of anilines is 1. The molecule has 310 valence electrons. The zero-order valence-electron chi connectivity index (χ0n) is 34.0. The maximum Gasteiger partial charge on any atom is 0.338 e. The standard InChI is InChI=1S/C18H24O5.C13H17NO3.C13H16O4/c1-12-16(18(19)20-2)10-15(22-13-4-3-5-13)11-17(12)23-14-6-8-21-9-7-14;2*1-8-11(13(15)16-2)6-10(7-12(8)14)17-9-4-3-5-9/h10-11,13-14H,3-9H2,1-2H3;6-7,9H,3-5,14H2,1-2H3;6-7,9,14H,3-5H2,1-2H3. The van der Waals surface area contributed by atoms with Gasteiger partial charge >= 0.3 is 17.9 Å². The van der Waals surface area contributed by atoms with Crippen molar-refractivity contribution in [3.63, 3.8) is 0 Å². The first-order valence-electron chi connectivity index (χ1n) is 19.8. The number of phenols is 1. The number of hydrogen-bond donors (Lipinski definition) is 2. The van der Waals surface area contributed by atoms with Gasteiger partial charge in [0.15, 0.2) is 0 Å². The van der Waals surface area contributed by atoms with Crippen molar-refractivity contribution in [2.24, 2.45) is 0 Å². The van der Waals surface area contributed by atoms with E-state index in [2.05, 4.69) is 4.74 Å². The van der Waals surface area contributed by atoms with E-state index in [9.17, 15) is 19.5 Å². The van der Waals surface area contributed by atoms with E-state index in [1.807, 2.05) is 13.0 Å². The summed E-state index contributed by atoms with van der Waals surface area (Å²) < 4.78 is 43.1. The van der Waals surface area contributed by atoms with Crippen LogP contribution in [0.2, 0.25) is 0 Å². The third-order valence-corrected chi connectivity index (χ3v) is 10.9. The fraction of sp³-hybridized carbons (Fsp3) is 0.523. The van der Waals surface area contributed by atoms with Crippen LogP contribution in [-0.4, -0.2) is 82.0 Å². The van der Waals surface area contributed by atoms with E-state index in [4.69, 9.17) is 38.9 Å². The number of nitrogens with two attached hydrogens (primary N) is 1. The van der Waals surface area contributed by atoms with Gasteiger partial charge in [0.2, 0.25) is 0 Å². The van der Waals surface area contributed by atoms with Crippen LogP contribution in [0.5, 0.6) is 28.7 Å². The van der Waals surface area contributed by atoms with Gasteiger partial charge in [0, 0.05) is 47.9 Å². The highest BCUT2D eigenvalue weighted by atomic mass is 16.5. The molecule has 0 unspecified atom stereocenters. The van der Waals surface area contributed by atoms with E-state index in [0.29, 0.717) is 64.2 Å². The molecule has 4 aliphatic rings. The molecule has 0 bridgehead atoms. The molecule has 3 aromatic rings. The molecule has 3 aromatic carbocycles. The fourth-order valence-electron chi connectivity index (χ4n) is 6.35. The Bertz CT molecular complexity index is 1770. The van der Waals surface area contributed by atoms with Gasteiger partial charge in [-0.1, -0.05) is 0 Å². The first-order valence-corrected chi connectivity index (χ1v) is 19.8. The fourth-order valence-corrected chi connectivity index (χ4v) is 6.35. The number of nitrogen functional groups attached to an aromatic ring is 1. The molecule has 0 amide bonds. The van der Waals surface area contributed by atoms with Crippen LogP contribution >= 0.6 is 0 Å². The quantitative estimate of drug-likeness (QED) is 0.109. The summed E-state index contributed by atoms with van der Waals surface area (Å²) in [5.41, 5.74) is 9.79. The number of rotatable bonds is 11. The molecule has 3 saturated carbocycles. The minimum absolute atomic E-state index is 0.0576. The molecule has 0 radical (unpaired) electrons. The van der Waals surface area contributed by atoms with Gasteiger partial charge < -0.3 is 48.7 Å². The molecule has 57 heavy (non-hydrogen) atoms. The number of esters is 3. The molecule has 0 spiro atoms. The number of hydrogen-bond acceptors (Lipinski definition) is 13. The van der Waals surface area contributed by atoms with E-state index in [-0.39, 0.29) is 42.1 Å². The van der Waals surface area contributed by atoms with Crippen LogP contribution in [0.15, 0.2) is 36.4 Å². The molecule has 7 rings (SSSR count). The van der Waals surface area contributed by atoms with Crippen LogP contribution in [0, 0.1) is 20.8 Å². The largest absolute Gasteiger partial charge is 0.508 e. The molecule has 1 saturated heterocycles. The van der Waals surface area contributed by atoms with Gasteiger partial charge in [0.25, 0.3) is 0 Å². The predicted molar refractivity (Wildman–Crippen MR) is 213 cm³/mol. The first kappa shape index (κ1) is 43.0. The molecule has 13 heteroatoms. The molecule has 0 aromatic heterocycles. The summed E-state index contributed by atoms with van der Waals surface area (Å²) in [6.45, 7) is 6.79. The summed E-state index contributed by atoms with van der Waals surface area (Å²) in [4.78, 5) is 35.1. The zero-order valence-corrected chi connectivity index (χ0v) is 34.0. The van der Waals surface area contributed by atoms with Crippen LogP contribution in [0.4, 0.5) is 5.69 Å². The van der Waals surface area contributed by atoms with Crippen molar-refractivity contribution >= 4 is 23.6 Å². The lowest BCUT2D eigenvalue weighted by Crippen LogP contribution is -2.27. The second-order valence-corrected chi connectivity index (χ2v) is 14.8. The molecule has 1 aliphatic heterocycles. The average Bonchev–Trinajstić information content (AvgIpc) is 3.16. The van der Waals surface area contributed by atoms with Gasteiger partial charge in [-0.3, -0.25) is 0 Å². The number of aromatic hydroxyl groups is 1. The minimum Gasteiger partial charge on any atom is -0.508 e. The van der Waals surface area contributed by atoms with Crippen molar-refractivity contribution in [2.75, 3.05) is 40.3 Å². The summed E-state index contributed by atoms with van der Waals surface area (Å²) >= 11 is 0. The lowest BCUT2D eigenvalue weighted by molar-refractivity contribution is 0.0249. The Hall–Kier alpha value is -5.17. The monoisotopic (exact) mass is 791 g/mol. The molecule has 4 fully saturated rings. The second-order valence-electron chi connectivity index (χ2n) is 14.8.